The van der Waals surface area contributed by atoms with Gasteiger partial charge in [-0.1, -0.05) is 29.9 Å². The van der Waals surface area contributed by atoms with Gasteiger partial charge in [0.15, 0.2) is 11.5 Å². The van der Waals surface area contributed by atoms with E-state index in [0.717, 1.165) is 18.2 Å². The van der Waals surface area contributed by atoms with Crippen LogP contribution in [0.1, 0.15) is 35.6 Å². The number of guanidine groups is 1. The number of carbonyl (C=O) groups is 2. The Kier molecular flexibility index (Phi) is 6.89. The summed E-state index contributed by atoms with van der Waals surface area (Å²) in [7, 11) is 3.02. The Morgan fingerprint density at radius 2 is 1.92 bits per heavy atom. The van der Waals surface area contributed by atoms with Crippen LogP contribution in [0.15, 0.2) is 41.4 Å². The summed E-state index contributed by atoms with van der Waals surface area (Å²) in [5.74, 6) is -2.71. The second-order valence-corrected chi connectivity index (χ2v) is 9.78. The second kappa shape index (κ2) is 9.62. The Hall–Kier alpha value is -3.31. The first-order chi connectivity index (χ1) is 17.0. The van der Waals surface area contributed by atoms with E-state index in [1.54, 1.807) is 18.2 Å². The van der Waals surface area contributed by atoms with Gasteiger partial charge in [-0.15, -0.1) is 0 Å². The topological polar surface area (TPSA) is 114 Å². The van der Waals surface area contributed by atoms with Gasteiger partial charge in [-0.25, -0.2) is 18.6 Å². The maximum Gasteiger partial charge on any atom is 0.409 e. The van der Waals surface area contributed by atoms with Crippen molar-refractivity contribution in [3.8, 4) is 0 Å². The zero-order chi connectivity index (χ0) is 26.4. The number of halogens is 3. The molecule has 1 aliphatic carbocycles. The monoisotopic (exact) mass is 535 g/mol. The molecule has 2 aliphatic rings. The highest BCUT2D eigenvalue weighted by molar-refractivity contribution is 7.80. The minimum absolute atomic E-state index is 0.0304. The summed E-state index contributed by atoms with van der Waals surface area (Å²) in [6.07, 6.45) is 0.606. The van der Waals surface area contributed by atoms with Crippen molar-refractivity contribution >= 4 is 46.8 Å². The van der Waals surface area contributed by atoms with E-state index in [-0.39, 0.29) is 29.0 Å². The van der Waals surface area contributed by atoms with Crippen LogP contribution in [0.25, 0.3) is 0 Å². The van der Waals surface area contributed by atoms with Crippen LogP contribution >= 0.6 is 23.8 Å². The van der Waals surface area contributed by atoms with Gasteiger partial charge in [0.25, 0.3) is 5.91 Å². The first kappa shape index (κ1) is 25.8. The number of hydrogen-bond donors (Lipinski definition) is 2. The van der Waals surface area contributed by atoms with E-state index in [1.807, 2.05) is 0 Å². The third kappa shape index (κ3) is 4.60. The fourth-order valence-corrected chi connectivity index (χ4v) is 4.82. The first-order valence-corrected chi connectivity index (χ1v) is 11.8. The van der Waals surface area contributed by atoms with Gasteiger partial charge in [0.2, 0.25) is 0 Å². The SMILES string of the molecule is CN(C)C(=O)OC[C@H](c1ccc(Cl)c(C(N)=S)c1)N1C(=O)[C@](c2cc(F)cc(F)c2)(C2CC2)N=C1N. The minimum Gasteiger partial charge on any atom is -0.447 e. The van der Waals surface area contributed by atoms with Crippen LogP contribution in [0.5, 0.6) is 0 Å². The van der Waals surface area contributed by atoms with E-state index >= 15 is 0 Å². The van der Waals surface area contributed by atoms with Crippen LogP contribution < -0.4 is 11.5 Å². The molecule has 0 bridgehead atoms. The number of amides is 2. The highest BCUT2D eigenvalue weighted by atomic mass is 35.5. The quantitative estimate of drug-likeness (QED) is 0.525. The number of rotatable bonds is 7. The molecule has 1 fully saturated rings. The van der Waals surface area contributed by atoms with Crippen molar-refractivity contribution in [3.63, 3.8) is 0 Å². The van der Waals surface area contributed by atoms with Gasteiger partial charge >= 0.3 is 6.09 Å². The average Bonchev–Trinajstić information content (AvgIpc) is 3.61. The first-order valence-electron chi connectivity index (χ1n) is 11.0. The van der Waals surface area contributed by atoms with Crippen molar-refractivity contribution in [1.29, 1.82) is 0 Å². The van der Waals surface area contributed by atoms with E-state index in [9.17, 15) is 18.4 Å². The number of benzene rings is 2. The van der Waals surface area contributed by atoms with E-state index in [0.29, 0.717) is 29.0 Å². The van der Waals surface area contributed by atoms with Gasteiger partial charge in [0.05, 0.1) is 11.1 Å². The van der Waals surface area contributed by atoms with Crippen LogP contribution in [0, 0.1) is 17.6 Å². The summed E-state index contributed by atoms with van der Waals surface area (Å²) in [6, 6.07) is 6.71. The molecule has 8 nitrogen and oxygen atoms in total. The number of thiocarbonyl (C=S) groups is 1. The second-order valence-electron chi connectivity index (χ2n) is 8.93. The van der Waals surface area contributed by atoms with E-state index < -0.39 is 35.2 Å². The lowest BCUT2D eigenvalue weighted by atomic mass is 9.84. The van der Waals surface area contributed by atoms with Crippen molar-refractivity contribution in [2.24, 2.45) is 22.4 Å². The van der Waals surface area contributed by atoms with Crippen LogP contribution in [-0.4, -0.2) is 53.5 Å². The molecule has 12 heteroatoms. The molecule has 0 unspecified atom stereocenters. The summed E-state index contributed by atoms with van der Waals surface area (Å²) in [4.78, 5) is 33.2. The third-order valence-corrected chi connectivity index (χ3v) is 6.79. The molecule has 2 amide bonds. The lowest BCUT2D eigenvalue weighted by molar-refractivity contribution is -0.134. The minimum atomic E-state index is -1.60. The maximum absolute atomic E-state index is 14.2. The summed E-state index contributed by atoms with van der Waals surface area (Å²) >= 11 is 11.3. The Bertz CT molecular complexity index is 1270. The normalized spacial score (nSPS) is 20.2. The molecular formula is C24H24ClF2N5O3S. The molecule has 0 aromatic heterocycles. The lowest BCUT2D eigenvalue weighted by Gasteiger charge is -2.32. The highest BCUT2D eigenvalue weighted by Gasteiger charge is 2.59. The average molecular weight is 536 g/mol. The van der Waals surface area contributed by atoms with Crippen molar-refractivity contribution < 1.29 is 23.1 Å². The molecule has 1 aliphatic heterocycles. The molecule has 190 valence electrons. The molecule has 2 atom stereocenters. The molecule has 1 heterocycles. The Morgan fingerprint density at radius 3 is 2.47 bits per heavy atom. The number of hydrogen-bond acceptors (Lipinski definition) is 6. The predicted molar refractivity (Wildman–Crippen MR) is 134 cm³/mol. The number of carbonyl (C=O) groups excluding carboxylic acids is 2. The largest absolute Gasteiger partial charge is 0.447 e. The Morgan fingerprint density at radius 1 is 1.28 bits per heavy atom. The zero-order valence-corrected chi connectivity index (χ0v) is 21.1. The third-order valence-electron chi connectivity index (χ3n) is 6.24. The van der Waals surface area contributed by atoms with Crippen molar-refractivity contribution in [2.75, 3.05) is 20.7 Å². The maximum atomic E-state index is 14.2. The van der Waals surface area contributed by atoms with E-state index in [2.05, 4.69) is 4.99 Å². The molecule has 0 saturated heterocycles. The molecule has 4 rings (SSSR count). The number of ether oxygens (including phenoxy) is 1. The number of aliphatic imine (C=N–C) groups is 1. The molecule has 1 saturated carbocycles. The molecule has 0 spiro atoms. The Balaban J connectivity index is 1.81. The number of nitrogens with two attached hydrogens (primary N) is 2. The fourth-order valence-electron chi connectivity index (χ4n) is 4.37. The molecular weight excluding hydrogens is 512 g/mol. The molecule has 0 radical (unpaired) electrons. The van der Waals surface area contributed by atoms with E-state index in [1.165, 1.54) is 23.9 Å². The summed E-state index contributed by atoms with van der Waals surface area (Å²) in [5.41, 5.74) is 11.4. The van der Waals surface area contributed by atoms with Crippen LogP contribution in [0.3, 0.4) is 0 Å². The zero-order valence-electron chi connectivity index (χ0n) is 19.5. The fraction of sp³-hybridized carbons (Fsp3) is 0.333. The van der Waals surface area contributed by atoms with Crippen LogP contribution in [-0.2, 0) is 15.1 Å². The molecule has 2 aromatic rings. The van der Waals surface area contributed by atoms with Gasteiger partial charge in [-0.2, -0.15) is 0 Å². The Labute approximate surface area is 216 Å². The van der Waals surface area contributed by atoms with Crippen molar-refractivity contribution in [1.82, 2.24) is 9.80 Å². The summed E-state index contributed by atoms with van der Waals surface area (Å²) < 4.78 is 33.8. The summed E-state index contributed by atoms with van der Waals surface area (Å²) in [6.45, 7) is -0.296. The highest BCUT2D eigenvalue weighted by Crippen LogP contribution is 2.53. The van der Waals surface area contributed by atoms with E-state index in [4.69, 9.17) is 40.0 Å². The van der Waals surface area contributed by atoms with Crippen molar-refractivity contribution in [2.45, 2.75) is 24.4 Å². The van der Waals surface area contributed by atoms with Gasteiger partial charge in [-0.05, 0) is 54.2 Å². The van der Waals surface area contributed by atoms with Crippen LogP contribution in [0.2, 0.25) is 5.02 Å². The molecule has 36 heavy (non-hydrogen) atoms. The molecule has 2 aromatic carbocycles. The van der Waals surface area contributed by atoms with Gasteiger partial charge < -0.3 is 21.1 Å². The smallest absolute Gasteiger partial charge is 0.409 e. The van der Waals surface area contributed by atoms with Gasteiger partial charge in [-0.3, -0.25) is 9.69 Å². The standard InChI is InChI=1S/C24H24ClF2N5O3S/c1-31(2)23(34)35-11-19(12-3-6-18(25)17(7-12)20(28)36)32-21(33)24(13-4-5-13,30-22(32)29)14-8-15(26)10-16(27)9-14/h3,6-10,13,19H,4-5,11H2,1-2H3,(H2,28,36)(H2,29,30)/t19-,24-/m1/s1. The summed E-state index contributed by atoms with van der Waals surface area (Å²) in [5, 5.41) is 0.298. The predicted octanol–water partition coefficient (Wildman–Crippen LogP) is 3.45. The lowest BCUT2D eigenvalue weighted by Crippen LogP contribution is -2.47. The van der Waals surface area contributed by atoms with Crippen molar-refractivity contribution in [3.05, 3.63) is 69.7 Å². The number of nitrogens with zero attached hydrogens (tertiary/aromatic N) is 3. The van der Waals surface area contributed by atoms with Gasteiger partial charge in [0, 0.05) is 25.7 Å². The molecule has 4 N–H and O–H groups in total. The van der Waals surface area contributed by atoms with Gasteiger partial charge in [0.1, 0.15) is 23.2 Å². The van der Waals surface area contributed by atoms with Crippen LogP contribution in [0.4, 0.5) is 13.6 Å².